The van der Waals surface area contributed by atoms with Crippen LogP contribution in [0.2, 0.25) is 0 Å². The molecular formula is C27H29N7O4. The average molecular weight is 516 g/mol. The van der Waals surface area contributed by atoms with Crippen LogP contribution in [-0.4, -0.2) is 72.6 Å². The Labute approximate surface area is 219 Å². The van der Waals surface area contributed by atoms with Crippen molar-refractivity contribution in [3.05, 3.63) is 54.1 Å². The molecule has 0 aliphatic carbocycles. The van der Waals surface area contributed by atoms with E-state index in [0.29, 0.717) is 48.7 Å². The minimum Gasteiger partial charge on any atom is -0.481 e. The fraction of sp³-hybridized carbons (Fsp3) is 0.333. The molecule has 3 N–H and O–H groups in total. The Hall–Kier alpha value is -4.38. The number of likely N-dealkylation sites (tertiary alicyclic amines) is 1. The zero-order valence-corrected chi connectivity index (χ0v) is 21.5. The van der Waals surface area contributed by atoms with E-state index in [1.807, 2.05) is 18.2 Å². The number of nitrogens with two attached hydrogens (primary N) is 1. The third kappa shape index (κ3) is 4.56. The second-order valence-corrected chi connectivity index (χ2v) is 9.40. The van der Waals surface area contributed by atoms with Crippen LogP contribution in [-0.2, 0) is 4.79 Å². The highest BCUT2D eigenvalue weighted by Gasteiger charge is 2.31. The quantitative estimate of drug-likeness (QED) is 0.370. The molecule has 0 bridgehead atoms. The second kappa shape index (κ2) is 10.2. The van der Waals surface area contributed by atoms with Gasteiger partial charge in [0, 0.05) is 54.2 Å². The molecule has 1 aliphatic heterocycles. The van der Waals surface area contributed by atoms with Gasteiger partial charge in [0.25, 0.3) is 5.91 Å². The smallest absolute Gasteiger partial charge is 0.251 e. The second-order valence-electron chi connectivity index (χ2n) is 9.40. The molecule has 11 heteroatoms. The largest absolute Gasteiger partial charge is 0.481 e. The highest BCUT2D eigenvalue weighted by Crippen LogP contribution is 2.35. The van der Waals surface area contributed by atoms with E-state index >= 15 is 0 Å². The maximum absolute atomic E-state index is 12.6. The van der Waals surface area contributed by atoms with Crippen molar-refractivity contribution in [1.29, 1.82) is 0 Å². The summed E-state index contributed by atoms with van der Waals surface area (Å²) < 4.78 is 6.61. The summed E-state index contributed by atoms with van der Waals surface area (Å²) in [4.78, 5) is 40.3. The number of piperidine rings is 1. The number of aliphatic hydroxyl groups is 1. The van der Waals surface area contributed by atoms with Gasteiger partial charge in [0.15, 0.2) is 11.4 Å². The summed E-state index contributed by atoms with van der Waals surface area (Å²) in [6.45, 7) is 3.87. The molecule has 1 amide bonds. The van der Waals surface area contributed by atoms with Crippen molar-refractivity contribution in [2.75, 3.05) is 25.9 Å². The molecular weight excluding hydrogens is 486 g/mol. The molecule has 0 aromatic carbocycles. The fourth-order valence-electron chi connectivity index (χ4n) is 4.91. The molecule has 1 unspecified atom stereocenters. The van der Waals surface area contributed by atoms with Crippen LogP contribution in [0.5, 0.6) is 5.88 Å². The van der Waals surface area contributed by atoms with Crippen molar-refractivity contribution in [3.8, 4) is 28.3 Å². The van der Waals surface area contributed by atoms with Crippen LogP contribution in [0.3, 0.4) is 0 Å². The third-order valence-corrected chi connectivity index (χ3v) is 6.93. The lowest BCUT2D eigenvalue weighted by atomic mass is 9.89. The van der Waals surface area contributed by atoms with Gasteiger partial charge in [0.2, 0.25) is 5.88 Å². The number of ketones is 1. The Morgan fingerprint density at radius 1 is 1.08 bits per heavy atom. The monoisotopic (exact) mass is 515 g/mol. The number of nitrogen functional groups attached to an aromatic ring is 1. The lowest BCUT2D eigenvalue weighted by molar-refractivity contribution is -0.140. The number of carbonyl (C=O) groups is 2. The van der Waals surface area contributed by atoms with E-state index in [4.69, 9.17) is 15.5 Å². The first-order valence-electron chi connectivity index (χ1n) is 12.4. The van der Waals surface area contributed by atoms with Crippen LogP contribution >= 0.6 is 0 Å². The lowest BCUT2D eigenvalue weighted by Gasteiger charge is -2.33. The number of carbonyl (C=O) groups excluding carboxylic acids is 2. The van der Waals surface area contributed by atoms with Crippen LogP contribution in [0, 0.1) is 0 Å². The number of hydrogen-bond acceptors (Lipinski definition) is 9. The zero-order valence-electron chi connectivity index (χ0n) is 21.5. The lowest BCUT2D eigenvalue weighted by Crippen LogP contribution is -2.42. The zero-order chi connectivity index (χ0) is 27.0. The number of rotatable bonds is 6. The Kier molecular flexibility index (Phi) is 6.77. The molecule has 11 nitrogen and oxygen atoms in total. The maximum Gasteiger partial charge on any atom is 0.251 e. The van der Waals surface area contributed by atoms with Crippen LogP contribution in [0.4, 0.5) is 5.82 Å². The molecule has 38 heavy (non-hydrogen) atoms. The maximum atomic E-state index is 12.6. The summed E-state index contributed by atoms with van der Waals surface area (Å²) in [5, 5.41) is 14.1. The summed E-state index contributed by atoms with van der Waals surface area (Å²) in [7, 11) is 1.57. The predicted octanol–water partition coefficient (Wildman–Crippen LogP) is 2.73. The topological polar surface area (TPSA) is 149 Å². The number of ether oxygens (including phenoxy) is 1. The van der Waals surface area contributed by atoms with Gasteiger partial charge < -0.3 is 20.5 Å². The van der Waals surface area contributed by atoms with E-state index < -0.39 is 6.10 Å². The first-order valence-corrected chi connectivity index (χ1v) is 12.4. The number of anilines is 1. The molecule has 1 fully saturated rings. The first kappa shape index (κ1) is 25.3. The summed E-state index contributed by atoms with van der Waals surface area (Å²) in [6.07, 6.45) is 5.29. The minimum absolute atomic E-state index is 0.0647. The number of Topliss-reactive ketones (excluding diaryl/α,β-unsaturated/α-hetero) is 1. The van der Waals surface area contributed by atoms with E-state index in [1.165, 1.54) is 18.4 Å². The van der Waals surface area contributed by atoms with E-state index in [0.717, 1.165) is 22.4 Å². The fourth-order valence-corrected chi connectivity index (χ4v) is 4.91. The van der Waals surface area contributed by atoms with E-state index in [-0.39, 0.29) is 23.4 Å². The Morgan fingerprint density at radius 3 is 2.37 bits per heavy atom. The molecule has 1 saturated heterocycles. The number of aromatic nitrogens is 5. The van der Waals surface area contributed by atoms with Crippen molar-refractivity contribution in [2.45, 2.75) is 38.7 Å². The van der Waals surface area contributed by atoms with Crippen LogP contribution in [0.1, 0.15) is 48.7 Å². The van der Waals surface area contributed by atoms with E-state index in [1.54, 1.807) is 36.7 Å². The van der Waals surface area contributed by atoms with Crippen molar-refractivity contribution in [1.82, 2.24) is 29.5 Å². The predicted molar refractivity (Wildman–Crippen MR) is 141 cm³/mol. The molecule has 4 aromatic heterocycles. The SMILES string of the molecule is COc1ccc(-c2ccc(-c3cnn4c(N)c(C(C)=O)c(C5CCN(C(=O)C(C)O)CC5)nc34)cn2)cn1. The number of aliphatic hydroxyl groups excluding tert-OH is 1. The molecule has 5 heterocycles. The average Bonchev–Trinajstić information content (AvgIpc) is 3.37. The number of amides is 1. The van der Waals surface area contributed by atoms with E-state index in [2.05, 4.69) is 15.1 Å². The van der Waals surface area contributed by atoms with E-state index in [9.17, 15) is 14.7 Å². The molecule has 196 valence electrons. The number of nitrogens with zero attached hydrogens (tertiary/aromatic N) is 6. The number of methoxy groups -OCH3 is 1. The summed E-state index contributed by atoms with van der Waals surface area (Å²) in [5.41, 5.74) is 11.1. The standard InChI is InChI=1S/C27H29N7O4/c1-15(35)23-24(17-8-10-33(11-9-17)27(37)16(2)36)32-26-20(14-31-34(26)25(23)28)18-4-6-21(29-12-18)19-5-7-22(38-3)30-13-19/h4-7,12-14,16-17,36H,8-11,28H2,1-3H3. The summed E-state index contributed by atoms with van der Waals surface area (Å²) >= 11 is 0. The van der Waals surface area contributed by atoms with Crippen LogP contribution < -0.4 is 10.5 Å². The van der Waals surface area contributed by atoms with Gasteiger partial charge in [-0.05, 0) is 38.8 Å². The Bertz CT molecular complexity index is 1490. The first-order chi connectivity index (χ1) is 18.3. The van der Waals surface area contributed by atoms with Gasteiger partial charge >= 0.3 is 0 Å². The molecule has 0 saturated carbocycles. The van der Waals surface area contributed by atoms with Gasteiger partial charge in [-0.1, -0.05) is 6.07 Å². The molecule has 0 radical (unpaired) electrons. The molecule has 5 rings (SSSR count). The molecule has 4 aromatic rings. The van der Waals surface area contributed by atoms with Gasteiger partial charge in [-0.15, -0.1) is 0 Å². The molecule has 0 spiro atoms. The molecule has 1 atom stereocenters. The van der Waals surface area contributed by atoms with Crippen LogP contribution in [0.15, 0.2) is 42.9 Å². The summed E-state index contributed by atoms with van der Waals surface area (Å²) in [6, 6.07) is 7.49. The van der Waals surface area contributed by atoms with Gasteiger partial charge in [-0.3, -0.25) is 14.6 Å². The van der Waals surface area contributed by atoms with Crippen molar-refractivity contribution < 1.29 is 19.4 Å². The molecule has 1 aliphatic rings. The normalized spacial score (nSPS) is 15.0. The highest BCUT2D eigenvalue weighted by atomic mass is 16.5. The Morgan fingerprint density at radius 2 is 1.79 bits per heavy atom. The van der Waals surface area contributed by atoms with Crippen LogP contribution in [0.25, 0.3) is 28.0 Å². The van der Waals surface area contributed by atoms with Gasteiger partial charge in [-0.25, -0.2) is 9.97 Å². The van der Waals surface area contributed by atoms with Crippen molar-refractivity contribution >= 4 is 23.2 Å². The number of hydrogen-bond donors (Lipinski definition) is 2. The number of pyridine rings is 2. The third-order valence-electron chi connectivity index (χ3n) is 6.93. The van der Waals surface area contributed by atoms with Gasteiger partial charge in [-0.2, -0.15) is 9.61 Å². The Balaban J connectivity index is 1.49. The van der Waals surface area contributed by atoms with Crippen molar-refractivity contribution in [3.63, 3.8) is 0 Å². The summed E-state index contributed by atoms with van der Waals surface area (Å²) in [5.74, 6) is 0.217. The van der Waals surface area contributed by atoms with Crippen molar-refractivity contribution in [2.24, 2.45) is 0 Å². The van der Waals surface area contributed by atoms with Gasteiger partial charge in [0.05, 0.1) is 30.3 Å². The minimum atomic E-state index is -1.04. The number of fused-ring (bicyclic) bond motifs is 1. The highest BCUT2D eigenvalue weighted by molar-refractivity contribution is 6.00. The van der Waals surface area contributed by atoms with Gasteiger partial charge in [0.1, 0.15) is 11.9 Å².